The standard InChI is InChI=1S/C27H32Cl4O4/c1-15(5-7-19-13-32-19)34-25-21(28)9-17(10-22(25)29)27(3,4)18-11-23(30)26(24(31)12-18)35-16(2)6-8-20-14-33-20/h9-12,15-16,19-20H,5-8,13-14H2,1-4H3. The van der Waals surface area contributed by atoms with Crippen molar-refractivity contribution in [3.63, 3.8) is 0 Å². The van der Waals surface area contributed by atoms with Crippen LogP contribution in [0.5, 0.6) is 11.5 Å². The first kappa shape index (κ1) is 27.2. The molecule has 35 heavy (non-hydrogen) atoms. The zero-order chi connectivity index (χ0) is 25.3. The predicted molar refractivity (Wildman–Crippen MR) is 143 cm³/mol. The molecular formula is C27H32Cl4O4. The van der Waals surface area contributed by atoms with Gasteiger partial charge in [-0.1, -0.05) is 60.3 Å². The van der Waals surface area contributed by atoms with Crippen LogP contribution in [0, 0.1) is 0 Å². The lowest BCUT2D eigenvalue weighted by molar-refractivity contribution is 0.202. The number of rotatable bonds is 12. The molecule has 0 spiro atoms. The van der Waals surface area contributed by atoms with E-state index in [1.807, 2.05) is 38.1 Å². The first-order chi connectivity index (χ1) is 16.5. The SMILES string of the molecule is CC(CCC1CO1)Oc1c(Cl)cc(C(C)(C)c2cc(Cl)c(OC(C)CCC3CO3)c(Cl)c2)cc1Cl. The summed E-state index contributed by atoms with van der Waals surface area (Å²) in [5, 5.41) is 1.89. The van der Waals surface area contributed by atoms with Gasteiger partial charge in [0.15, 0.2) is 11.5 Å². The van der Waals surface area contributed by atoms with Crippen molar-refractivity contribution in [2.24, 2.45) is 0 Å². The van der Waals surface area contributed by atoms with Crippen molar-refractivity contribution in [2.75, 3.05) is 13.2 Å². The molecule has 4 nitrogen and oxygen atoms in total. The van der Waals surface area contributed by atoms with E-state index in [9.17, 15) is 0 Å². The number of epoxide rings is 2. The van der Waals surface area contributed by atoms with Crippen LogP contribution in [0.4, 0.5) is 0 Å². The molecular weight excluding hydrogens is 530 g/mol. The number of ether oxygens (including phenoxy) is 4. The summed E-state index contributed by atoms with van der Waals surface area (Å²) < 4.78 is 22.7. The van der Waals surface area contributed by atoms with Gasteiger partial charge in [-0.25, -0.2) is 0 Å². The second-order valence-corrected chi connectivity index (χ2v) is 11.7. The first-order valence-corrected chi connectivity index (χ1v) is 13.6. The van der Waals surface area contributed by atoms with Crippen LogP contribution in [-0.4, -0.2) is 37.6 Å². The molecule has 2 aliphatic heterocycles. The highest BCUT2D eigenvalue weighted by molar-refractivity contribution is 6.38. The van der Waals surface area contributed by atoms with Crippen molar-refractivity contribution < 1.29 is 18.9 Å². The quantitative estimate of drug-likeness (QED) is 0.243. The van der Waals surface area contributed by atoms with Gasteiger partial charge in [-0.15, -0.1) is 0 Å². The summed E-state index contributed by atoms with van der Waals surface area (Å²) in [4.78, 5) is 0. The monoisotopic (exact) mass is 560 g/mol. The molecule has 4 atom stereocenters. The molecule has 4 rings (SSSR count). The molecule has 0 aliphatic carbocycles. The van der Waals surface area contributed by atoms with Crippen LogP contribution in [0.3, 0.4) is 0 Å². The molecule has 2 fully saturated rings. The van der Waals surface area contributed by atoms with E-state index in [1.165, 1.54) is 0 Å². The number of halogens is 4. The zero-order valence-electron chi connectivity index (χ0n) is 20.5. The van der Waals surface area contributed by atoms with Crippen LogP contribution < -0.4 is 9.47 Å². The Morgan fingerprint density at radius 1 is 0.743 bits per heavy atom. The maximum Gasteiger partial charge on any atom is 0.156 e. The van der Waals surface area contributed by atoms with Crippen LogP contribution in [-0.2, 0) is 14.9 Å². The summed E-state index contributed by atoms with van der Waals surface area (Å²) in [6.07, 6.45) is 4.39. The molecule has 192 valence electrons. The van der Waals surface area contributed by atoms with Crippen LogP contribution in [0.25, 0.3) is 0 Å². The lowest BCUT2D eigenvalue weighted by Gasteiger charge is -2.29. The van der Waals surface area contributed by atoms with Gasteiger partial charge in [-0.3, -0.25) is 0 Å². The van der Waals surface area contributed by atoms with E-state index in [-0.39, 0.29) is 12.2 Å². The molecule has 0 bridgehead atoms. The summed E-state index contributed by atoms with van der Waals surface area (Å²) in [6, 6.07) is 7.59. The minimum absolute atomic E-state index is 0.0163. The molecule has 0 radical (unpaired) electrons. The Bertz CT molecular complexity index is 922. The summed E-state index contributed by atoms with van der Waals surface area (Å²) >= 11 is 26.5. The van der Waals surface area contributed by atoms with Gasteiger partial charge in [0.1, 0.15) is 0 Å². The third-order valence-corrected chi connectivity index (χ3v) is 7.80. The Hall–Kier alpha value is -0.880. The Morgan fingerprint density at radius 3 is 1.34 bits per heavy atom. The molecule has 0 amide bonds. The van der Waals surface area contributed by atoms with Crippen LogP contribution in [0.15, 0.2) is 24.3 Å². The summed E-state index contributed by atoms with van der Waals surface area (Å²) in [7, 11) is 0. The molecule has 2 aromatic rings. The lowest BCUT2D eigenvalue weighted by Crippen LogP contribution is -2.20. The third-order valence-electron chi connectivity index (χ3n) is 6.67. The maximum atomic E-state index is 6.63. The zero-order valence-corrected chi connectivity index (χ0v) is 23.5. The average molecular weight is 562 g/mol. The molecule has 2 heterocycles. The van der Waals surface area contributed by atoms with Gasteiger partial charge in [0.25, 0.3) is 0 Å². The van der Waals surface area contributed by atoms with Gasteiger partial charge < -0.3 is 18.9 Å². The summed E-state index contributed by atoms with van der Waals surface area (Å²) in [6.45, 7) is 9.87. The third kappa shape index (κ3) is 7.12. The number of benzene rings is 2. The summed E-state index contributed by atoms with van der Waals surface area (Å²) in [5.74, 6) is 1.00. The molecule has 8 heteroatoms. The van der Waals surface area contributed by atoms with Crippen LogP contribution in [0.2, 0.25) is 20.1 Å². The minimum atomic E-state index is -0.471. The van der Waals surface area contributed by atoms with Gasteiger partial charge in [0, 0.05) is 5.41 Å². The largest absolute Gasteiger partial charge is 0.488 e. The second-order valence-electron chi connectivity index (χ2n) is 10.1. The average Bonchev–Trinajstić information content (AvgIpc) is 3.70. The van der Waals surface area contributed by atoms with E-state index in [1.54, 1.807) is 0 Å². The smallest absolute Gasteiger partial charge is 0.156 e. The number of hydrogen-bond donors (Lipinski definition) is 0. The second kappa shape index (κ2) is 11.2. The van der Waals surface area contributed by atoms with E-state index in [4.69, 9.17) is 65.4 Å². The Balaban J connectivity index is 1.49. The topological polar surface area (TPSA) is 43.5 Å². The van der Waals surface area contributed by atoms with Crippen molar-refractivity contribution in [1.29, 1.82) is 0 Å². The molecule has 0 saturated carbocycles. The predicted octanol–water partition coefficient (Wildman–Crippen LogP) is 8.52. The van der Waals surface area contributed by atoms with Gasteiger partial charge in [-0.05, 0) is 74.9 Å². The molecule has 2 aromatic carbocycles. The van der Waals surface area contributed by atoms with Gasteiger partial charge in [-0.2, -0.15) is 0 Å². The highest BCUT2D eigenvalue weighted by Gasteiger charge is 2.29. The van der Waals surface area contributed by atoms with E-state index >= 15 is 0 Å². The van der Waals surface area contributed by atoms with Crippen LogP contribution >= 0.6 is 46.4 Å². The summed E-state index contributed by atoms with van der Waals surface area (Å²) in [5.41, 5.74) is 1.39. The maximum absolute atomic E-state index is 6.63. The lowest BCUT2D eigenvalue weighted by atomic mass is 9.78. The van der Waals surface area contributed by atoms with Gasteiger partial charge >= 0.3 is 0 Å². The van der Waals surface area contributed by atoms with Gasteiger partial charge in [0.2, 0.25) is 0 Å². The van der Waals surface area contributed by atoms with Crippen molar-refractivity contribution >= 4 is 46.4 Å². The van der Waals surface area contributed by atoms with E-state index < -0.39 is 5.41 Å². The normalized spacial score (nSPS) is 20.9. The molecule has 0 aromatic heterocycles. The molecule has 0 N–H and O–H groups in total. The van der Waals surface area contributed by atoms with E-state index in [2.05, 4.69) is 13.8 Å². The highest BCUT2D eigenvalue weighted by atomic mass is 35.5. The first-order valence-electron chi connectivity index (χ1n) is 12.1. The van der Waals surface area contributed by atoms with Crippen molar-refractivity contribution in [2.45, 2.75) is 83.2 Å². The Labute approximate surface area is 228 Å². The fourth-order valence-corrected chi connectivity index (χ4v) is 5.22. The van der Waals surface area contributed by atoms with E-state index in [0.29, 0.717) is 43.8 Å². The minimum Gasteiger partial charge on any atom is -0.488 e. The highest BCUT2D eigenvalue weighted by Crippen LogP contribution is 2.44. The molecule has 2 aliphatic rings. The fourth-order valence-electron chi connectivity index (χ4n) is 4.06. The van der Waals surface area contributed by atoms with Crippen molar-refractivity contribution in [3.05, 3.63) is 55.5 Å². The fraction of sp³-hybridized carbons (Fsp3) is 0.556. The molecule has 2 saturated heterocycles. The van der Waals surface area contributed by atoms with Crippen molar-refractivity contribution in [3.8, 4) is 11.5 Å². The molecule has 4 unspecified atom stereocenters. The Morgan fingerprint density at radius 2 is 1.06 bits per heavy atom. The Kier molecular flexibility index (Phi) is 8.73. The van der Waals surface area contributed by atoms with Gasteiger partial charge in [0.05, 0.1) is 57.7 Å². The van der Waals surface area contributed by atoms with E-state index in [0.717, 1.165) is 50.0 Å². The van der Waals surface area contributed by atoms with Crippen LogP contribution in [0.1, 0.15) is 64.5 Å². The number of hydrogen-bond acceptors (Lipinski definition) is 4. The van der Waals surface area contributed by atoms with Crippen molar-refractivity contribution in [1.82, 2.24) is 0 Å².